The highest BCUT2D eigenvalue weighted by Gasteiger charge is 2.04. The first-order valence-electron chi connectivity index (χ1n) is 9.56. The van der Waals surface area contributed by atoms with E-state index >= 15 is 0 Å². The maximum Gasteiger partial charge on any atom is 0.333 e. The number of carbonyl (C=O) groups excluding carboxylic acids is 1. The second-order valence-electron chi connectivity index (χ2n) is 6.80. The van der Waals surface area contributed by atoms with Crippen LogP contribution in [0, 0.1) is 0 Å². The van der Waals surface area contributed by atoms with Gasteiger partial charge in [0, 0.05) is 12.1 Å². The average Bonchev–Trinajstić information content (AvgIpc) is 2.51. The van der Waals surface area contributed by atoms with E-state index in [2.05, 4.69) is 11.8 Å². The Bertz CT molecular complexity index is 317. The number of hydrogen-bond acceptors (Lipinski definition) is 3. The number of ether oxygens (including phenoxy) is 1. The van der Waals surface area contributed by atoms with Crippen molar-refractivity contribution in [3.63, 3.8) is 0 Å². The molecule has 0 heterocycles. The smallest absolute Gasteiger partial charge is 0.333 e. The van der Waals surface area contributed by atoms with Crippen molar-refractivity contribution in [2.45, 2.75) is 84.5 Å². The third-order valence-electron chi connectivity index (χ3n) is 4.08. The molecule has 0 aromatic heterocycles. The van der Waals surface area contributed by atoms with Crippen LogP contribution in [0.3, 0.4) is 0 Å². The van der Waals surface area contributed by atoms with Crippen molar-refractivity contribution in [1.29, 1.82) is 0 Å². The Hall–Kier alpha value is -0.540. The maximum atomic E-state index is 11.8. The summed E-state index contributed by atoms with van der Waals surface area (Å²) in [6.07, 6.45) is 15.9. The molecular formula is C20H40ClNO2. The van der Waals surface area contributed by atoms with E-state index in [0.29, 0.717) is 6.61 Å². The van der Waals surface area contributed by atoms with E-state index in [9.17, 15) is 4.79 Å². The van der Waals surface area contributed by atoms with Crippen LogP contribution in [0.2, 0.25) is 0 Å². The molecule has 0 aliphatic rings. The summed E-state index contributed by atoms with van der Waals surface area (Å²) in [5.74, 6) is -0.153. The van der Waals surface area contributed by atoms with Crippen LogP contribution in [0.1, 0.15) is 84.5 Å². The molecule has 0 radical (unpaired) electrons. The summed E-state index contributed by atoms with van der Waals surface area (Å²) in [7, 11) is 4.07. The third kappa shape index (κ3) is 17.8. The quantitative estimate of drug-likeness (QED) is 0.210. The van der Waals surface area contributed by atoms with Crippen LogP contribution in [-0.2, 0) is 9.53 Å². The van der Waals surface area contributed by atoms with Crippen LogP contribution in [0.25, 0.3) is 0 Å². The Labute approximate surface area is 156 Å². The molecule has 0 unspecified atom stereocenters. The van der Waals surface area contributed by atoms with Crippen molar-refractivity contribution in [2.75, 3.05) is 27.2 Å². The van der Waals surface area contributed by atoms with Gasteiger partial charge in [-0.05, 0) is 33.9 Å². The van der Waals surface area contributed by atoms with E-state index in [1.54, 1.807) is 0 Å². The van der Waals surface area contributed by atoms with Crippen molar-refractivity contribution in [1.82, 2.24) is 4.90 Å². The molecule has 24 heavy (non-hydrogen) atoms. The average molecular weight is 362 g/mol. The second-order valence-corrected chi connectivity index (χ2v) is 6.80. The predicted molar refractivity (Wildman–Crippen MR) is 107 cm³/mol. The molecular weight excluding hydrogens is 322 g/mol. The standard InChI is InChI=1S/C20H39NO2.ClH/c1-5-6-7-8-9-10-11-12-13-14-18-23-20(22)19(2)16-15-17-21(3)4;/h16H,5-15,17-18H2,1-4H3;1H. The summed E-state index contributed by atoms with van der Waals surface area (Å²) in [5.41, 5.74) is 0.735. The fourth-order valence-corrected chi connectivity index (χ4v) is 2.49. The van der Waals surface area contributed by atoms with Gasteiger partial charge in [0.15, 0.2) is 0 Å². The Morgan fingerprint density at radius 2 is 1.42 bits per heavy atom. The summed E-state index contributed by atoms with van der Waals surface area (Å²) in [6.45, 7) is 5.63. The first kappa shape index (κ1) is 25.7. The highest BCUT2D eigenvalue weighted by molar-refractivity contribution is 5.87. The van der Waals surface area contributed by atoms with Crippen molar-refractivity contribution in [3.05, 3.63) is 11.6 Å². The van der Waals surface area contributed by atoms with Gasteiger partial charge in [-0.1, -0.05) is 70.8 Å². The molecule has 0 fully saturated rings. The molecule has 0 N–H and O–H groups in total. The molecule has 0 aliphatic carbocycles. The SMILES string of the molecule is CCCCCCCCCCCCOC(=O)C(C)=CCCN(C)C.Cl. The van der Waals surface area contributed by atoms with Gasteiger partial charge in [0.2, 0.25) is 0 Å². The van der Waals surface area contributed by atoms with Crippen LogP contribution in [0.4, 0.5) is 0 Å². The molecule has 4 heteroatoms. The number of esters is 1. The van der Waals surface area contributed by atoms with Crippen molar-refractivity contribution in [2.24, 2.45) is 0 Å². The normalized spacial score (nSPS) is 11.5. The third-order valence-corrected chi connectivity index (χ3v) is 4.08. The first-order chi connectivity index (χ1) is 11.1. The van der Waals surface area contributed by atoms with Gasteiger partial charge in [0.25, 0.3) is 0 Å². The summed E-state index contributed by atoms with van der Waals surface area (Å²) >= 11 is 0. The molecule has 0 saturated heterocycles. The molecule has 0 amide bonds. The zero-order valence-electron chi connectivity index (χ0n) is 16.4. The largest absolute Gasteiger partial charge is 0.462 e. The van der Waals surface area contributed by atoms with Crippen molar-refractivity contribution >= 4 is 18.4 Å². The lowest BCUT2D eigenvalue weighted by Crippen LogP contribution is -2.13. The summed E-state index contributed by atoms with van der Waals surface area (Å²) < 4.78 is 5.31. The first-order valence-corrected chi connectivity index (χ1v) is 9.56. The minimum absolute atomic E-state index is 0. The Balaban J connectivity index is 0. The van der Waals surface area contributed by atoms with Crippen LogP contribution in [0.5, 0.6) is 0 Å². The van der Waals surface area contributed by atoms with Crippen molar-refractivity contribution in [3.8, 4) is 0 Å². The summed E-state index contributed by atoms with van der Waals surface area (Å²) in [6, 6.07) is 0. The van der Waals surface area contributed by atoms with E-state index in [-0.39, 0.29) is 18.4 Å². The molecule has 0 aromatic rings. The van der Waals surface area contributed by atoms with Crippen molar-refractivity contribution < 1.29 is 9.53 Å². The molecule has 0 aromatic carbocycles. The van der Waals surface area contributed by atoms with E-state index in [1.807, 2.05) is 27.1 Å². The molecule has 0 rings (SSSR count). The Morgan fingerprint density at radius 1 is 0.917 bits per heavy atom. The predicted octanol–water partition coefficient (Wildman–Crippen LogP) is 5.77. The number of unbranched alkanes of at least 4 members (excludes halogenated alkanes) is 9. The maximum absolute atomic E-state index is 11.8. The van der Waals surface area contributed by atoms with E-state index in [1.165, 1.54) is 57.8 Å². The summed E-state index contributed by atoms with van der Waals surface area (Å²) in [4.78, 5) is 13.9. The molecule has 144 valence electrons. The number of rotatable bonds is 15. The number of nitrogens with zero attached hydrogens (tertiary/aromatic N) is 1. The van der Waals surface area contributed by atoms with E-state index < -0.39 is 0 Å². The lowest BCUT2D eigenvalue weighted by atomic mass is 10.1. The molecule has 0 saturated carbocycles. The fraction of sp³-hybridized carbons (Fsp3) is 0.850. The molecule has 3 nitrogen and oxygen atoms in total. The minimum Gasteiger partial charge on any atom is -0.462 e. The number of hydrogen-bond donors (Lipinski definition) is 0. The van der Waals surface area contributed by atoms with Crippen LogP contribution in [0.15, 0.2) is 11.6 Å². The molecule has 0 bridgehead atoms. The zero-order valence-corrected chi connectivity index (χ0v) is 17.3. The van der Waals surface area contributed by atoms with E-state index in [4.69, 9.17) is 4.74 Å². The van der Waals surface area contributed by atoms with E-state index in [0.717, 1.165) is 25.0 Å². The summed E-state index contributed by atoms with van der Waals surface area (Å²) in [5, 5.41) is 0. The van der Waals surface area contributed by atoms with Gasteiger partial charge >= 0.3 is 5.97 Å². The van der Waals surface area contributed by atoms with Crippen LogP contribution >= 0.6 is 12.4 Å². The van der Waals surface area contributed by atoms with Gasteiger partial charge in [0.05, 0.1) is 6.61 Å². The Kier molecular flexibility index (Phi) is 20.1. The van der Waals surface area contributed by atoms with Gasteiger partial charge < -0.3 is 9.64 Å². The minimum atomic E-state index is -0.153. The monoisotopic (exact) mass is 361 g/mol. The van der Waals surface area contributed by atoms with Gasteiger partial charge in [-0.2, -0.15) is 0 Å². The number of carbonyl (C=O) groups is 1. The number of halogens is 1. The van der Waals surface area contributed by atoms with Gasteiger partial charge in [-0.15, -0.1) is 12.4 Å². The van der Waals surface area contributed by atoms with Crippen LogP contribution in [-0.4, -0.2) is 38.1 Å². The lowest BCUT2D eigenvalue weighted by molar-refractivity contribution is -0.139. The molecule has 0 spiro atoms. The van der Waals surface area contributed by atoms with Gasteiger partial charge in [0.1, 0.15) is 0 Å². The second kappa shape index (κ2) is 18.8. The van der Waals surface area contributed by atoms with Crippen LogP contribution < -0.4 is 0 Å². The van der Waals surface area contributed by atoms with Gasteiger partial charge in [-0.25, -0.2) is 4.79 Å². The highest BCUT2D eigenvalue weighted by atomic mass is 35.5. The Morgan fingerprint density at radius 3 is 1.92 bits per heavy atom. The highest BCUT2D eigenvalue weighted by Crippen LogP contribution is 2.10. The van der Waals surface area contributed by atoms with Gasteiger partial charge in [-0.3, -0.25) is 0 Å². The topological polar surface area (TPSA) is 29.5 Å². The zero-order chi connectivity index (χ0) is 17.3. The lowest BCUT2D eigenvalue weighted by Gasteiger charge is -2.08. The fourth-order valence-electron chi connectivity index (χ4n) is 2.49. The molecule has 0 atom stereocenters. The molecule has 0 aliphatic heterocycles.